The Hall–Kier alpha value is -3.42. The summed E-state index contributed by atoms with van der Waals surface area (Å²) in [6, 6.07) is 7.35. The summed E-state index contributed by atoms with van der Waals surface area (Å²) in [4.78, 5) is 25.0. The SMILES string of the molecule is CCCOc1nc(Nc2ccc(OC)cc2)ncc1C(=O)n1ccnc1. The third kappa shape index (κ3) is 3.97. The average molecular weight is 353 g/mol. The summed E-state index contributed by atoms with van der Waals surface area (Å²) in [5, 5.41) is 3.08. The van der Waals surface area contributed by atoms with Crippen LogP contribution in [0, 0.1) is 0 Å². The van der Waals surface area contributed by atoms with E-state index in [-0.39, 0.29) is 17.4 Å². The maximum absolute atomic E-state index is 12.6. The van der Waals surface area contributed by atoms with Gasteiger partial charge < -0.3 is 14.8 Å². The fraction of sp³-hybridized carbons (Fsp3) is 0.222. The van der Waals surface area contributed by atoms with Crippen molar-refractivity contribution in [2.75, 3.05) is 19.0 Å². The molecule has 3 aromatic rings. The molecule has 0 aliphatic heterocycles. The molecule has 26 heavy (non-hydrogen) atoms. The van der Waals surface area contributed by atoms with E-state index in [1.165, 1.54) is 23.3 Å². The average Bonchev–Trinajstić information content (AvgIpc) is 3.21. The lowest BCUT2D eigenvalue weighted by atomic mass is 10.3. The predicted molar refractivity (Wildman–Crippen MR) is 96.1 cm³/mol. The highest BCUT2D eigenvalue weighted by atomic mass is 16.5. The number of nitrogens with one attached hydrogen (secondary N) is 1. The maximum Gasteiger partial charge on any atom is 0.270 e. The van der Waals surface area contributed by atoms with Crippen LogP contribution in [0.5, 0.6) is 11.6 Å². The van der Waals surface area contributed by atoms with Gasteiger partial charge in [0.25, 0.3) is 5.91 Å². The molecule has 0 fully saturated rings. The van der Waals surface area contributed by atoms with E-state index in [2.05, 4.69) is 20.3 Å². The molecule has 8 nitrogen and oxygen atoms in total. The number of aromatic nitrogens is 4. The molecule has 0 saturated heterocycles. The Bertz CT molecular complexity index is 863. The molecule has 0 aliphatic carbocycles. The zero-order chi connectivity index (χ0) is 18.4. The number of methoxy groups -OCH3 is 1. The summed E-state index contributed by atoms with van der Waals surface area (Å²) in [6.45, 7) is 2.43. The zero-order valence-corrected chi connectivity index (χ0v) is 14.5. The van der Waals surface area contributed by atoms with Crippen LogP contribution < -0.4 is 14.8 Å². The van der Waals surface area contributed by atoms with Crippen LogP contribution in [0.25, 0.3) is 0 Å². The normalized spacial score (nSPS) is 10.4. The van der Waals surface area contributed by atoms with Crippen LogP contribution in [-0.2, 0) is 0 Å². The number of nitrogens with zero attached hydrogens (tertiary/aromatic N) is 4. The lowest BCUT2D eigenvalue weighted by molar-refractivity contribution is 0.0954. The highest BCUT2D eigenvalue weighted by Gasteiger charge is 2.17. The molecule has 2 heterocycles. The minimum Gasteiger partial charge on any atom is -0.497 e. The molecular weight excluding hydrogens is 334 g/mol. The van der Waals surface area contributed by atoms with Gasteiger partial charge in [0.15, 0.2) is 0 Å². The van der Waals surface area contributed by atoms with Gasteiger partial charge in [0.05, 0.1) is 13.7 Å². The molecule has 0 aliphatic rings. The zero-order valence-electron chi connectivity index (χ0n) is 14.5. The first kappa shape index (κ1) is 17.4. The van der Waals surface area contributed by atoms with Crippen LogP contribution in [0.15, 0.2) is 49.2 Å². The molecule has 0 bridgehead atoms. The first-order chi connectivity index (χ1) is 12.7. The lowest BCUT2D eigenvalue weighted by Gasteiger charge is -2.11. The molecule has 0 atom stereocenters. The van der Waals surface area contributed by atoms with Gasteiger partial charge in [0.2, 0.25) is 11.8 Å². The van der Waals surface area contributed by atoms with Crippen molar-refractivity contribution >= 4 is 17.5 Å². The molecule has 0 spiro atoms. The Morgan fingerprint density at radius 2 is 2.08 bits per heavy atom. The Labute approximate surface area is 150 Å². The van der Waals surface area contributed by atoms with E-state index < -0.39 is 0 Å². The van der Waals surface area contributed by atoms with Crippen LogP contribution >= 0.6 is 0 Å². The number of carbonyl (C=O) groups is 1. The summed E-state index contributed by atoms with van der Waals surface area (Å²) in [5.74, 6) is 1.02. The number of carbonyl (C=O) groups excluding carboxylic acids is 1. The molecule has 0 radical (unpaired) electrons. The summed E-state index contributed by atoms with van der Waals surface area (Å²) in [5.41, 5.74) is 1.07. The number of hydrogen-bond donors (Lipinski definition) is 1. The molecule has 0 amide bonds. The van der Waals surface area contributed by atoms with Gasteiger partial charge >= 0.3 is 0 Å². The largest absolute Gasteiger partial charge is 0.497 e. The van der Waals surface area contributed by atoms with Crippen molar-refractivity contribution in [1.82, 2.24) is 19.5 Å². The minimum atomic E-state index is -0.301. The lowest BCUT2D eigenvalue weighted by Crippen LogP contribution is -2.14. The number of anilines is 2. The third-order valence-electron chi connectivity index (χ3n) is 3.51. The van der Waals surface area contributed by atoms with Gasteiger partial charge in [-0.1, -0.05) is 6.92 Å². The first-order valence-corrected chi connectivity index (χ1v) is 8.15. The molecule has 1 N–H and O–H groups in total. The number of benzene rings is 1. The van der Waals surface area contributed by atoms with Crippen LogP contribution in [0.4, 0.5) is 11.6 Å². The monoisotopic (exact) mass is 353 g/mol. The standard InChI is InChI=1S/C18H19N5O3/c1-3-10-26-16-15(17(24)23-9-8-19-12-23)11-20-18(22-16)21-13-4-6-14(25-2)7-5-13/h4-9,11-12H,3,10H2,1-2H3,(H,20,21,22). The van der Waals surface area contributed by atoms with Crippen molar-refractivity contribution in [3.8, 4) is 11.6 Å². The fourth-order valence-corrected chi connectivity index (χ4v) is 2.20. The van der Waals surface area contributed by atoms with E-state index in [9.17, 15) is 4.79 Å². The van der Waals surface area contributed by atoms with E-state index in [1.54, 1.807) is 13.3 Å². The van der Waals surface area contributed by atoms with Crippen molar-refractivity contribution in [3.05, 3.63) is 54.7 Å². The molecule has 8 heteroatoms. The molecule has 3 rings (SSSR count). The van der Waals surface area contributed by atoms with Crippen LogP contribution in [0.2, 0.25) is 0 Å². The number of ether oxygens (including phenoxy) is 2. The van der Waals surface area contributed by atoms with Gasteiger partial charge in [-0.25, -0.2) is 9.97 Å². The van der Waals surface area contributed by atoms with Crippen LogP contribution in [-0.4, -0.2) is 39.1 Å². The van der Waals surface area contributed by atoms with Crippen molar-refractivity contribution in [2.45, 2.75) is 13.3 Å². The van der Waals surface area contributed by atoms with Gasteiger partial charge in [-0.05, 0) is 30.7 Å². The second-order valence-corrected chi connectivity index (χ2v) is 5.39. The molecule has 1 aromatic carbocycles. The summed E-state index contributed by atoms with van der Waals surface area (Å²) in [6.07, 6.45) is 6.77. The summed E-state index contributed by atoms with van der Waals surface area (Å²) in [7, 11) is 1.61. The Morgan fingerprint density at radius 3 is 2.73 bits per heavy atom. The van der Waals surface area contributed by atoms with E-state index >= 15 is 0 Å². The van der Waals surface area contributed by atoms with E-state index in [0.29, 0.717) is 12.6 Å². The highest BCUT2D eigenvalue weighted by molar-refractivity contribution is 5.97. The van der Waals surface area contributed by atoms with Gasteiger partial charge in [0, 0.05) is 24.3 Å². The second-order valence-electron chi connectivity index (χ2n) is 5.39. The smallest absolute Gasteiger partial charge is 0.270 e. The predicted octanol–water partition coefficient (Wildman–Crippen LogP) is 2.90. The topological polar surface area (TPSA) is 91.2 Å². The van der Waals surface area contributed by atoms with E-state index in [4.69, 9.17) is 9.47 Å². The Kier molecular flexibility index (Phi) is 5.43. The number of rotatable bonds is 7. The molecular formula is C18H19N5O3. The van der Waals surface area contributed by atoms with Crippen LogP contribution in [0.3, 0.4) is 0 Å². The van der Waals surface area contributed by atoms with Crippen molar-refractivity contribution in [1.29, 1.82) is 0 Å². The summed E-state index contributed by atoms with van der Waals surface area (Å²) < 4.78 is 12.1. The summed E-state index contributed by atoms with van der Waals surface area (Å²) >= 11 is 0. The van der Waals surface area contributed by atoms with Crippen molar-refractivity contribution < 1.29 is 14.3 Å². The first-order valence-electron chi connectivity index (χ1n) is 8.15. The quantitative estimate of drug-likeness (QED) is 0.698. The third-order valence-corrected chi connectivity index (χ3v) is 3.51. The number of imidazole rings is 1. The Balaban J connectivity index is 1.86. The molecule has 0 saturated carbocycles. The van der Waals surface area contributed by atoms with Gasteiger partial charge in [-0.15, -0.1) is 0 Å². The van der Waals surface area contributed by atoms with Gasteiger partial charge in [-0.3, -0.25) is 9.36 Å². The van der Waals surface area contributed by atoms with Crippen LogP contribution in [0.1, 0.15) is 23.7 Å². The van der Waals surface area contributed by atoms with Crippen molar-refractivity contribution in [2.24, 2.45) is 0 Å². The fourth-order valence-electron chi connectivity index (χ4n) is 2.20. The highest BCUT2D eigenvalue weighted by Crippen LogP contribution is 2.22. The van der Waals surface area contributed by atoms with Gasteiger partial charge in [0.1, 0.15) is 17.6 Å². The van der Waals surface area contributed by atoms with Crippen molar-refractivity contribution in [3.63, 3.8) is 0 Å². The van der Waals surface area contributed by atoms with E-state index in [0.717, 1.165) is 17.9 Å². The molecule has 134 valence electrons. The number of hydrogen-bond acceptors (Lipinski definition) is 7. The second kappa shape index (κ2) is 8.11. The molecule has 2 aromatic heterocycles. The Morgan fingerprint density at radius 1 is 1.27 bits per heavy atom. The molecule has 0 unspecified atom stereocenters. The minimum absolute atomic E-state index is 0.233. The maximum atomic E-state index is 12.6. The van der Waals surface area contributed by atoms with E-state index in [1.807, 2.05) is 31.2 Å². The van der Waals surface area contributed by atoms with Gasteiger partial charge in [-0.2, -0.15) is 4.98 Å².